The molecule has 0 amide bonds. The summed E-state index contributed by atoms with van der Waals surface area (Å²) in [7, 11) is 0. The lowest BCUT2D eigenvalue weighted by Crippen LogP contribution is -2.38. The van der Waals surface area contributed by atoms with Crippen molar-refractivity contribution in [2.24, 2.45) is 0 Å². The Hall–Kier alpha value is -1.20. The van der Waals surface area contributed by atoms with Gasteiger partial charge in [-0.05, 0) is 12.1 Å². The molecule has 0 heterocycles. The van der Waals surface area contributed by atoms with Crippen LogP contribution in [-0.2, 0) is 4.79 Å². The van der Waals surface area contributed by atoms with Gasteiger partial charge < -0.3 is 14.5 Å². The van der Waals surface area contributed by atoms with E-state index < -0.39 is 18.6 Å². The van der Waals surface area contributed by atoms with Crippen molar-refractivity contribution in [1.82, 2.24) is 0 Å². The van der Waals surface area contributed by atoms with Crippen LogP contribution in [0.3, 0.4) is 0 Å². The van der Waals surface area contributed by atoms with Crippen molar-refractivity contribution in [3.05, 3.63) is 30.3 Å². The standard InChI is InChI=1S/C9H11NO3S/c11-6-8(9(12)13)10(14)7-4-2-1-3-5-7/h1-5,8,11,14H,6H2,(H,12,13)/t8-/m0/s1. The van der Waals surface area contributed by atoms with Crippen LogP contribution >= 0.6 is 12.8 Å². The minimum Gasteiger partial charge on any atom is -0.480 e. The van der Waals surface area contributed by atoms with E-state index in [4.69, 9.17) is 10.2 Å². The lowest BCUT2D eigenvalue weighted by Gasteiger charge is -2.23. The number of carboxylic acids is 1. The number of anilines is 1. The number of aliphatic carboxylic acids is 1. The molecule has 76 valence electrons. The fourth-order valence-corrected chi connectivity index (χ4v) is 1.33. The van der Waals surface area contributed by atoms with Gasteiger partial charge in [0, 0.05) is 5.69 Å². The molecule has 0 aliphatic heterocycles. The number of hydrogen-bond donors (Lipinski definition) is 3. The second kappa shape index (κ2) is 4.88. The Balaban J connectivity index is 2.83. The first kappa shape index (κ1) is 10.9. The highest BCUT2D eigenvalue weighted by molar-refractivity contribution is 7.81. The molecule has 1 atom stereocenters. The predicted octanol–water partition coefficient (Wildman–Crippen LogP) is 0.783. The molecule has 14 heavy (non-hydrogen) atoms. The molecule has 0 aliphatic carbocycles. The summed E-state index contributed by atoms with van der Waals surface area (Å²) in [4.78, 5) is 10.7. The molecule has 5 heteroatoms. The molecule has 2 N–H and O–H groups in total. The average Bonchev–Trinajstić information content (AvgIpc) is 2.19. The SMILES string of the molecule is O=C(O)[C@H](CO)N(S)c1ccccc1. The third kappa shape index (κ3) is 2.40. The van der Waals surface area contributed by atoms with E-state index in [1.807, 2.05) is 6.07 Å². The lowest BCUT2D eigenvalue weighted by atomic mass is 10.2. The van der Waals surface area contributed by atoms with E-state index in [9.17, 15) is 4.79 Å². The fourth-order valence-electron chi connectivity index (χ4n) is 1.02. The van der Waals surface area contributed by atoms with Crippen molar-refractivity contribution >= 4 is 24.5 Å². The summed E-state index contributed by atoms with van der Waals surface area (Å²) in [6, 6.07) is 7.78. The number of benzene rings is 1. The number of nitrogens with zero attached hydrogens (tertiary/aromatic N) is 1. The van der Waals surface area contributed by atoms with E-state index in [-0.39, 0.29) is 0 Å². The lowest BCUT2D eigenvalue weighted by molar-refractivity contribution is -0.139. The van der Waals surface area contributed by atoms with Crippen molar-refractivity contribution in [2.45, 2.75) is 6.04 Å². The van der Waals surface area contributed by atoms with Crippen molar-refractivity contribution < 1.29 is 15.0 Å². The van der Waals surface area contributed by atoms with Crippen LogP contribution < -0.4 is 4.31 Å². The number of aliphatic hydroxyl groups is 1. The second-order valence-electron chi connectivity index (χ2n) is 2.72. The Morgan fingerprint density at radius 3 is 2.43 bits per heavy atom. The summed E-state index contributed by atoms with van der Waals surface area (Å²) >= 11 is 4.03. The van der Waals surface area contributed by atoms with Gasteiger partial charge in [0.05, 0.1) is 6.61 Å². The van der Waals surface area contributed by atoms with Gasteiger partial charge in [0.1, 0.15) is 0 Å². The first-order valence-electron chi connectivity index (χ1n) is 4.03. The van der Waals surface area contributed by atoms with Crippen molar-refractivity contribution in [1.29, 1.82) is 0 Å². The van der Waals surface area contributed by atoms with E-state index in [2.05, 4.69) is 12.8 Å². The Kier molecular flexibility index (Phi) is 3.79. The molecule has 0 spiro atoms. The van der Waals surface area contributed by atoms with Gasteiger partial charge in [0.25, 0.3) is 0 Å². The average molecular weight is 213 g/mol. The number of thiol groups is 1. The van der Waals surface area contributed by atoms with Gasteiger partial charge in [-0.3, -0.25) is 0 Å². The van der Waals surface area contributed by atoms with Crippen LogP contribution in [0, 0.1) is 0 Å². The normalized spacial score (nSPS) is 12.1. The second-order valence-corrected chi connectivity index (χ2v) is 3.15. The molecule has 0 saturated carbocycles. The van der Waals surface area contributed by atoms with E-state index >= 15 is 0 Å². The summed E-state index contributed by atoms with van der Waals surface area (Å²) < 4.78 is 1.22. The van der Waals surface area contributed by atoms with Crippen molar-refractivity contribution in [3.8, 4) is 0 Å². The van der Waals surface area contributed by atoms with Gasteiger partial charge in [-0.2, -0.15) is 0 Å². The van der Waals surface area contributed by atoms with Crippen LogP contribution in [0.15, 0.2) is 30.3 Å². The Morgan fingerprint density at radius 1 is 1.43 bits per heavy atom. The van der Waals surface area contributed by atoms with Crippen LogP contribution in [0.1, 0.15) is 0 Å². The third-order valence-corrected chi connectivity index (χ3v) is 2.28. The molecule has 0 aliphatic rings. The molecule has 4 nitrogen and oxygen atoms in total. The van der Waals surface area contributed by atoms with Gasteiger partial charge >= 0.3 is 5.97 Å². The molecule has 0 aromatic heterocycles. The highest BCUT2D eigenvalue weighted by Crippen LogP contribution is 2.18. The van der Waals surface area contributed by atoms with E-state index in [1.54, 1.807) is 24.3 Å². The Labute approximate surface area is 87.3 Å². The molecule has 0 saturated heterocycles. The molecule has 0 fully saturated rings. The van der Waals surface area contributed by atoms with E-state index in [0.717, 1.165) is 0 Å². The number of para-hydroxylation sites is 1. The van der Waals surface area contributed by atoms with Gasteiger partial charge in [-0.25, -0.2) is 4.79 Å². The highest BCUT2D eigenvalue weighted by atomic mass is 32.1. The zero-order chi connectivity index (χ0) is 10.6. The summed E-state index contributed by atoms with van der Waals surface area (Å²) in [6.45, 7) is -0.478. The molecular weight excluding hydrogens is 202 g/mol. The Bertz CT molecular complexity index is 304. The first-order chi connectivity index (χ1) is 6.66. The summed E-state index contributed by atoms with van der Waals surface area (Å²) in [5.74, 6) is -1.11. The van der Waals surface area contributed by atoms with Crippen molar-refractivity contribution in [3.63, 3.8) is 0 Å². The van der Waals surface area contributed by atoms with E-state index in [0.29, 0.717) is 5.69 Å². The number of hydrogen-bond acceptors (Lipinski definition) is 4. The minimum atomic E-state index is -1.11. The third-order valence-electron chi connectivity index (χ3n) is 1.77. The van der Waals surface area contributed by atoms with Crippen LogP contribution in [-0.4, -0.2) is 28.8 Å². The quantitative estimate of drug-likeness (QED) is 0.647. The van der Waals surface area contributed by atoms with E-state index in [1.165, 1.54) is 4.31 Å². The highest BCUT2D eigenvalue weighted by Gasteiger charge is 2.22. The topological polar surface area (TPSA) is 60.8 Å². The molecule has 1 aromatic carbocycles. The molecular formula is C9H11NO3S. The van der Waals surface area contributed by atoms with Gasteiger partial charge in [-0.1, -0.05) is 31.0 Å². The molecule has 0 bridgehead atoms. The monoisotopic (exact) mass is 213 g/mol. The fraction of sp³-hybridized carbons (Fsp3) is 0.222. The zero-order valence-corrected chi connectivity index (χ0v) is 8.26. The summed E-state index contributed by atoms with van der Waals surface area (Å²) in [5.41, 5.74) is 0.636. The number of carboxylic acid groups (broad SMARTS) is 1. The zero-order valence-electron chi connectivity index (χ0n) is 7.37. The summed E-state index contributed by atoms with van der Waals surface area (Å²) in [6.07, 6.45) is 0. The van der Waals surface area contributed by atoms with Gasteiger partial charge in [0.2, 0.25) is 0 Å². The van der Waals surface area contributed by atoms with Gasteiger partial charge in [-0.15, -0.1) is 0 Å². The number of rotatable bonds is 4. The van der Waals surface area contributed by atoms with Crippen molar-refractivity contribution in [2.75, 3.05) is 10.9 Å². The van der Waals surface area contributed by atoms with Crippen LogP contribution in [0.5, 0.6) is 0 Å². The minimum absolute atomic E-state index is 0.478. The number of carbonyl (C=O) groups is 1. The van der Waals surface area contributed by atoms with Gasteiger partial charge in [0.15, 0.2) is 6.04 Å². The molecule has 1 rings (SSSR count). The predicted molar refractivity (Wildman–Crippen MR) is 56.4 cm³/mol. The molecule has 0 unspecified atom stereocenters. The maximum absolute atomic E-state index is 10.7. The molecule has 1 aromatic rings. The van der Waals surface area contributed by atoms with Crippen LogP contribution in [0.25, 0.3) is 0 Å². The smallest absolute Gasteiger partial charge is 0.329 e. The van der Waals surface area contributed by atoms with Crippen LogP contribution in [0.4, 0.5) is 5.69 Å². The maximum Gasteiger partial charge on any atom is 0.329 e. The molecule has 0 radical (unpaired) electrons. The largest absolute Gasteiger partial charge is 0.480 e. The maximum atomic E-state index is 10.7. The van der Waals surface area contributed by atoms with Crippen LogP contribution in [0.2, 0.25) is 0 Å². The number of aliphatic hydroxyl groups excluding tert-OH is 1. The summed E-state index contributed by atoms with van der Waals surface area (Å²) in [5, 5.41) is 17.6. The Morgan fingerprint density at radius 2 is 2.00 bits per heavy atom. The first-order valence-corrected chi connectivity index (χ1v) is 4.43.